The molecule has 0 bridgehead atoms. The number of likely N-dealkylation sites (tertiary alicyclic amines) is 2. The van der Waals surface area contributed by atoms with Crippen molar-refractivity contribution in [1.82, 2.24) is 9.80 Å². The van der Waals surface area contributed by atoms with E-state index < -0.39 is 42.0 Å². The van der Waals surface area contributed by atoms with Crippen molar-refractivity contribution in [1.29, 1.82) is 0 Å². The summed E-state index contributed by atoms with van der Waals surface area (Å²) in [6, 6.07) is -2.43. The summed E-state index contributed by atoms with van der Waals surface area (Å²) < 4.78 is 0. The van der Waals surface area contributed by atoms with E-state index in [0.29, 0.717) is 19.4 Å². The third-order valence-electron chi connectivity index (χ3n) is 4.06. The maximum absolute atomic E-state index is 12.6. The number of hydrogen-bond acceptors (Lipinski definition) is 5. The predicted octanol–water partition coefficient (Wildman–Crippen LogP) is -1.63. The monoisotopic (exact) mass is 299 g/mol. The molecule has 2 rings (SSSR count). The van der Waals surface area contributed by atoms with E-state index in [-0.39, 0.29) is 13.0 Å². The molecule has 4 atom stereocenters. The fourth-order valence-corrected chi connectivity index (χ4v) is 3.03. The molecule has 0 aromatic rings. The van der Waals surface area contributed by atoms with E-state index in [2.05, 4.69) is 0 Å². The summed E-state index contributed by atoms with van der Waals surface area (Å²) in [4.78, 5) is 38.3. The van der Waals surface area contributed by atoms with Crippen molar-refractivity contribution < 1.29 is 24.6 Å². The minimum atomic E-state index is -1.04. The van der Waals surface area contributed by atoms with Crippen molar-refractivity contribution in [3.63, 3.8) is 0 Å². The average Bonchev–Trinajstić information content (AvgIpc) is 3.03. The number of amides is 2. The van der Waals surface area contributed by atoms with E-state index in [1.54, 1.807) is 0 Å². The first-order valence-electron chi connectivity index (χ1n) is 7.10. The molecule has 0 aromatic carbocycles. The zero-order valence-corrected chi connectivity index (χ0v) is 11.9. The van der Waals surface area contributed by atoms with Crippen LogP contribution in [0.3, 0.4) is 0 Å². The Kier molecular flexibility index (Phi) is 4.48. The van der Waals surface area contributed by atoms with Crippen LogP contribution >= 0.6 is 0 Å². The van der Waals surface area contributed by atoms with Gasteiger partial charge in [-0.3, -0.25) is 9.59 Å². The second-order valence-corrected chi connectivity index (χ2v) is 5.71. The maximum atomic E-state index is 12.6. The van der Waals surface area contributed by atoms with Gasteiger partial charge in [-0.15, -0.1) is 0 Å². The quantitative estimate of drug-likeness (QED) is 0.575. The highest BCUT2D eigenvalue weighted by Gasteiger charge is 2.44. The Bertz CT molecular complexity index is 453. The molecule has 0 aliphatic carbocycles. The molecule has 2 amide bonds. The molecule has 0 radical (unpaired) electrons. The lowest BCUT2D eigenvalue weighted by atomic mass is 10.1. The molecule has 2 saturated heterocycles. The molecule has 0 saturated carbocycles. The van der Waals surface area contributed by atoms with Gasteiger partial charge in [-0.05, 0) is 19.8 Å². The van der Waals surface area contributed by atoms with Crippen molar-refractivity contribution in [2.75, 3.05) is 13.1 Å². The van der Waals surface area contributed by atoms with Crippen LogP contribution in [0.4, 0.5) is 0 Å². The molecular weight excluding hydrogens is 278 g/mol. The minimum absolute atomic E-state index is 0.0579. The largest absolute Gasteiger partial charge is 0.480 e. The van der Waals surface area contributed by atoms with Crippen LogP contribution in [0.25, 0.3) is 0 Å². The molecule has 8 nitrogen and oxygen atoms in total. The van der Waals surface area contributed by atoms with Crippen LogP contribution in [0.1, 0.15) is 26.2 Å². The highest BCUT2D eigenvalue weighted by atomic mass is 16.4. The average molecular weight is 299 g/mol. The van der Waals surface area contributed by atoms with E-state index in [1.807, 2.05) is 0 Å². The van der Waals surface area contributed by atoms with E-state index in [9.17, 15) is 19.5 Å². The van der Waals surface area contributed by atoms with Crippen molar-refractivity contribution >= 4 is 17.8 Å². The van der Waals surface area contributed by atoms with Gasteiger partial charge in [0, 0.05) is 19.5 Å². The number of aliphatic carboxylic acids is 1. The van der Waals surface area contributed by atoms with Crippen LogP contribution in [0.5, 0.6) is 0 Å². The van der Waals surface area contributed by atoms with Crippen LogP contribution in [0.2, 0.25) is 0 Å². The first-order chi connectivity index (χ1) is 9.82. The first kappa shape index (κ1) is 15.7. The second-order valence-electron chi connectivity index (χ2n) is 5.71. The van der Waals surface area contributed by atoms with E-state index >= 15 is 0 Å². The molecule has 2 heterocycles. The number of carbonyl (C=O) groups is 3. The number of carbonyl (C=O) groups excluding carboxylic acids is 2. The molecule has 118 valence electrons. The number of aliphatic hydroxyl groups excluding tert-OH is 1. The molecule has 4 N–H and O–H groups in total. The Balaban J connectivity index is 2.16. The summed E-state index contributed by atoms with van der Waals surface area (Å²) in [6.45, 7) is 1.94. The lowest BCUT2D eigenvalue weighted by Gasteiger charge is -2.30. The smallest absolute Gasteiger partial charge is 0.326 e. The van der Waals surface area contributed by atoms with Crippen LogP contribution in [0.15, 0.2) is 0 Å². The topological polar surface area (TPSA) is 124 Å². The van der Waals surface area contributed by atoms with Gasteiger partial charge in [-0.25, -0.2) is 4.79 Å². The number of β-amino-alcohol motifs (C(OH)–C–C–N with tert-alkyl or cyclic N) is 1. The molecule has 2 aliphatic heterocycles. The van der Waals surface area contributed by atoms with Crippen LogP contribution < -0.4 is 5.73 Å². The highest BCUT2D eigenvalue weighted by molar-refractivity contribution is 5.92. The summed E-state index contributed by atoms with van der Waals surface area (Å²) in [6.07, 6.45) is 0.379. The lowest BCUT2D eigenvalue weighted by molar-refractivity contribution is -0.151. The third kappa shape index (κ3) is 3.01. The fourth-order valence-electron chi connectivity index (χ4n) is 3.03. The van der Waals surface area contributed by atoms with Gasteiger partial charge in [0.25, 0.3) is 0 Å². The van der Waals surface area contributed by atoms with Gasteiger partial charge in [-0.1, -0.05) is 0 Å². The van der Waals surface area contributed by atoms with Crippen LogP contribution in [-0.4, -0.2) is 75.1 Å². The minimum Gasteiger partial charge on any atom is -0.480 e. The Morgan fingerprint density at radius 2 is 1.90 bits per heavy atom. The number of aliphatic hydroxyl groups is 1. The van der Waals surface area contributed by atoms with Gasteiger partial charge in [0.1, 0.15) is 12.1 Å². The molecule has 2 aliphatic rings. The molecule has 0 unspecified atom stereocenters. The lowest BCUT2D eigenvalue weighted by Crippen LogP contribution is -2.53. The summed E-state index contributed by atoms with van der Waals surface area (Å²) >= 11 is 0. The second kappa shape index (κ2) is 5.98. The summed E-state index contributed by atoms with van der Waals surface area (Å²) in [5, 5.41) is 18.9. The fraction of sp³-hybridized carbons (Fsp3) is 0.769. The predicted molar refractivity (Wildman–Crippen MR) is 72.1 cm³/mol. The zero-order chi connectivity index (χ0) is 15.7. The van der Waals surface area contributed by atoms with Gasteiger partial charge < -0.3 is 25.7 Å². The third-order valence-corrected chi connectivity index (χ3v) is 4.06. The standard InChI is InChI=1S/C13H21N3O5/c1-7(14)11(18)16-6-8(17)5-10(16)12(19)15-4-2-3-9(15)13(20)21/h7-10,17H,2-6,14H2,1H3,(H,20,21)/t7-,8+,9-,10-/m0/s1. The van der Waals surface area contributed by atoms with Crippen molar-refractivity contribution in [2.24, 2.45) is 5.73 Å². The molecular formula is C13H21N3O5. The molecule has 2 fully saturated rings. The number of carboxylic acid groups (broad SMARTS) is 1. The van der Waals surface area contributed by atoms with Gasteiger partial charge in [0.15, 0.2) is 0 Å². The summed E-state index contributed by atoms with van der Waals surface area (Å²) in [5.41, 5.74) is 5.56. The molecule has 0 aromatic heterocycles. The summed E-state index contributed by atoms with van der Waals surface area (Å²) in [7, 11) is 0. The SMILES string of the molecule is C[C@H](N)C(=O)N1C[C@H](O)C[C@H]1C(=O)N1CCC[C@H]1C(=O)O. The van der Waals surface area contributed by atoms with Crippen LogP contribution in [-0.2, 0) is 14.4 Å². The van der Waals surface area contributed by atoms with Gasteiger partial charge >= 0.3 is 5.97 Å². The first-order valence-corrected chi connectivity index (χ1v) is 7.10. The zero-order valence-electron chi connectivity index (χ0n) is 11.9. The Morgan fingerprint density at radius 1 is 1.24 bits per heavy atom. The van der Waals surface area contributed by atoms with Crippen molar-refractivity contribution in [3.8, 4) is 0 Å². The Hall–Kier alpha value is -1.67. The number of nitrogens with two attached hydrogens (primary N) is 1. The maximum Gasteiger partial charge on any atom is 0.326 e. The number of hydrogen-bond donors (Lipinski definition) is 3. The van der Waals surface area contributed by atoms with E-state index in [4.69, 9.17) is 10.8 Å². The van der Waals surface area contributed by atoms with Gasteiger partial charge in [-0.2, -0.15) is 0 Å². The molecule has 0 spiro atoms. The van der Waals surface area contributed by atoms with E-state index in [0.717, 1.165) is 0 Å². The molecule has 8 heteroatoms. The van der Waals surface area contributed by atoms with Gasteiger partial charge in [0.2, 0.25) is 11.8 Å². The Labute approximate surface area is 122 Å². The highest BCUT2D eigenvalue weighted by Crippen LogP contribution is 2.25. The van der Waals surface area contributed by atoms with E-state index in [1.165, 1.54) is 16.7 Å². The number of nitrogens with zero attached hydrogens (tertiary/aromatic N) is 2. The normalized spacial score (nSPS) is 30.5. The Morgan fingerprint density at radius 3 is 2.48 bits per heavy atom. The van der Waals surface area contributed by atoms with Crippen LogP contribution in [0, 0.1) is 0 Å². The van der Waals surface area contributed by atoms with Crippen molar-refractivity contribution in [3.05, 3.63) is 0 Å². The number of rotatable bonds is 3. The number of carboxylic acids is 1. The van der Waals surface area contributed by atoms with Crippen molar-refractivity contribution in [2.45, 2.75) is 50.4 Å². The molecule has 21 heavy (non-hydrogen) atoms. The summed E-state index contributed by atoms with van der Waals surface area (Å²) in [5.74, 6) is -1.86. The van der Waals surface area contributed by atoms with Gasteiger partial charge in [0.05, 0.1) is 12.1 Å².